The lowest BCUT2D eigenvalue weighted by Gasteiger charge is -2.30. The van der Waals surface area contributed by atoms with Crippen LogP contribution in [0.5, 0.6) is 0 Å². The Kier molecular flexibility index (Phi) is 4.04. The largest absolute Gasteiger partial charge is 0.505 e. The van der Waals surface area contributed by atoms with Crippen LogP contribution in [0.4, 0.5) is 0 Å². The zero-order chi connectivity index (χ0) is 15.6. The molecule has 0 radical (unpaired) electrons. The van der Waals surface area contributed by atoms with Gasteiger partial charge in [-0.25, -0.2) is 13.2 Å². The highest BCUT2D eigenvalue weighted by molar-refractivity contribution is 7.89. The highest BCUT2D eigenvalue weighted by Crippen LogP contribution is 2.35. The third-order valence-electron chi connectivity index (χ3n) is 3.10. The summed E-state index contributed by atoms with van der Waals surface area (Å²) >= 11 is 0. The summed E-state index contributed by atoms with van der Waals surface area (Å²) in [7, 11) is -2.80. The van der Waals surface area contributed by atoms with Crippen LogP contribution in [0.15, 0.2) is 47.5 Å². The Morgan fingerprint density at radius 3 is 2.71 bits per heavy atom. The predicted molar refractivity (Wildman–Crippen MR) is 76.7 cm³/mol. The second kappa shape index (κ2) is 5.61. The molecule has 0 unspecified atom stereocenters. The van der Waals surface area contributed by atoms with E-state index in [0.717, 1.165) is 11.4 Å². The standard InChI is InChI=1S/C14H15NO5S/c1-3-4-9-15-12(14(17)20-2)13(16)10-7-5-6-8-11(10)21(15,18)19/h3,5-8,16H,1,4,9H2,2H3. The number of esters is 1. The molecule has 0 fully saturated rings. The minimum Gasteiger partial charge on any atom is -0.505 e. The van der Waals surface area contributed by atoms with Crippen LogP contribution in [0, 0.1) is 0 Å². The molecule has 1 aliphatic rings. The molecule has 1 aromatic rings. The molecule has 0 atom stereocenters. The number of carbonyl (C=O) groups is 1. The number of methoxy groups -OCH3 is 1. The fraction of sp³-hybridized carbons (Fsp3) is 0.214. The number of benzene rings is 1. The van der Waals surface area contributed by atoms with E-state index in [9.17, 15) is 18.3 Å². The second-order valence-corrected chi connectivity index (χ2v) is 6.17. The van der Waals surface area contributed by atoms with Gasteiger partial charge < -0.3 is 9.84 Å². The van der Waals surface area contributed by atoms with E-state index in [1.54, 1.807) is 12.1 Å². The van der Waals surface area contributed by atoms with Crippen LogP contribution in [0.25, 0.3) is 5.76 Å². The maximum absolute atomic E-state index is 12.6. The van der Waals surface area contributed by atoms with E-state index >= 15 is 0 Å². The van der Waals surface area contributed by atoms with E-state index in [2.05, 4.69) is 11.3 Å². The molecule has 0 saturated carbocycles. The van der Waals surface area contributed by atoms with Crippen LogP contribution >= 0.6 is 0 Å². The first kappa shape index (κ1) is 15.1. The molecule has 1 N–H and O–H groups in total. The monoisotopic (exact) mass is 309 g/mol. The van der Waals surface area contributed by atoms with Gasteiger partial charge in [-0.1, -0.05) is 18.2 Å². The minimum atomic E-state index is -3.93. The van der Waals surface area contributed by atoms with Gasteiger partial charge in [0.15, 0.2) is 11.5 Å². The summed E-state index contributed by atoms with van der Waals surface area (Å²) in [6.45, 7) is 3.52. The van der Waals surface area contributed by atoms with Crippen LogP contribution in [0.1, 0.15) is 12.0 Å². The lowest BCUT2D eigenvalue weighted by Crippen LogP contribution is -2.39. The first-order valence-electron chi connectivity index (χ1n) is 6.19. The number of fused-ring (bicyclic) bond motifs is 1. The molecule has 0 aliphatic carbocycles. The lowest BCUT2D eigenvalue weighted by molar-refractivity contribution is -0.137. The van der Waals surface area contributed by atoms with E-state index in [1.165, 1.54) is 18.2 Å². The van der Waals surface area contributed by atoms with E-state index in [4.69, 9.17) is 0 Å². The minimum absolute atomic E-state index is 0.00530. The van der Waals surface area contributed by atoms with Crippen molar-refractivity contribution in [3.05, 3.63) is 48.2 Å². The molecule has 0 aromatic heterocycles. The smallest absolute Gasteiger partial charge is 0.359 e. The van der Waals surface area contributed by atoms with Crippen LogP contribution in [0.2, 0.25) is 0 Å². The van der Waals surface area contributed by atoms with Crippen molar-refractivity contribution in [2.75, 3.05) is 13.7 Å². The topological polar surface area (TPSA) is 83.9 Å². The molecule has 1 aromatic carbocycles. The van der Waals surface area contributed by atoms with Crippen LogP contribution in [0.3, 0.4) is 0 Å². The molecule has 6 nitrogen and oxygen atoms in total. The Morgan fingerprint density at radius 1 is 1.43 bits per heavy atom. The Balaban J connectivity index is 2.72. The molecule has 7 heteroatoms. The summed E-state index contributed by atoms with van der Waals surface area (Å²) in [5, 5.41) is 10.3. The Bertz CT molecular complexity index is 721. The Hall–Kier alpha value is -2.28. The zero-order valence-corrected chi connectivity index (χ0v) is 12.3. The number of rotatable bonds is 4. The number of sulfonamides is 1. The van der Waals surface area contributed by atoms with Gasteiger partial charge in [-0.2, -0.15) is 0 Å². The van der Waals surface area contributed by atoms with Crippen LogP contribution < -0.4 is 0 Å². The van der Waals surface area contributed by atoms with Gasteiger partial charge in [-0.15, -0.1) is 6.58 Å². The van der Waals surface area contributed by atoms with Gasteiger partial charge >= 0.3 is 5.97 Å². The van der Waals surface area contributed by atoms with Crippen molar-refractivity contribution >= 4 is 21.8 Å². The fourth-order valence-electron chi connectivity index (χ4n) is 2.11. The molecule has 112 valence electrons. The summed E-state index contributed by atoms with van der Waals surface area (Å²) in [5.41, 5.74) is -0.286. The number of aliphatic hydroxyl groups excluding tert-OH is 1. The number of nitrogens with zero attached hydrogens (tertiary/aromatic N) is 1. The number of hydrogen-bond donors (Lipinski definition) is 1. The van der Waals surface area contributed by atoms with Gasteiger partial charge in [0.05, 0.1) is 12.0 Å². The van der Waals surface area contributed by atoms with Gasteiger partial charge in [-0.3, -0.25) is 4.31 Å². The first-order chi connectivity index (χ1) is 9.95. The summed E-state index contributed by atoms with van der Waals surface area (Å²) in [6.07, 6.45) is 1.86. The quantitative estimate of drug-likeness (QED) is 0.675. The van der Waals surface area contributed by atoms with Crippen LogP contribution in [-0.4, -0.2) is 37.5 Å². The molecule has 0 amide bonds. The van der Waals surface area contributed by atoms with Gasteiger partial charge in [0.25, 0.3) is 10.0 Å². The Labute approximate surface area is 123 Å². The van der Waals surface area contributed by atoms with Crippen molar-refractivity contribution < 1.29 is 23.1 Å². The highest BCUT2D eigenvalue weighted by Gasteiger charge is 2.40. The normalized spacial score (nSPS) is 16.3. The average Bonchev–Trinajstić information content (AvgIpc) is 2.49. The van der Waals surface area contributed by atoms with E-state index < -0.39 is 21.8 Å². The van der Waals surface area contributed by atoms with Gasteiger partial charge in [-0.05, 0) is 18.6 Å². The third-order valence-corrected chi connectivity index (χ3v) is 4.96. The Morgan fingerprint density at radius 2 is 2.10 bits per heavy atom. The van der Waals surface area contributed by atoms with Crippen molar-refractivity contribution in [3.63, 3.8) is 0 Å². The molecular formula is C14H15NO5S. The third kappa shape index (κ3) is 2.40. The fourth-order valence-corrected chi connectivity index (χ4v) is 3.79. The lowest BCUT2D eigenvalue weighted by atomic mass is 10.1. The van der Waals surface area contributed by atoms with E-state index in [0.29, 0.717) is 6.42 Å². The van der Waals surface area contributed by atoms with Crippen molar-refractivity contribution in [2.45, 2.75) is 11.3 Å². The molecular weight excluding hydrogens is 294 g/mol. The average molecular weight is 309 g/mol. The summed E-state index contributed by atoms with van der Waals surface area (Å²) < 4.78 is 30.7. The maximum Gasteiger partial charge on any atom is 0.359 e. The van der Waals surface area contributed by atoms with Gasteiger partial charge in [0, 0.05) is 12.1 Å². The summed E-state index contributed by atoms with van der Waals surface area (Å²) in [5.74, 6) is -1.31. The predicted octanol–water partition coefficient (Wildman–Crippen LogP) is 1.67. The van der Waals surface area contributed by atoms with Crippen molar-refractivity contribution in [1.29, 1.82) is 0 Å². The number of carbonyl (C=O) groups excluding carboxylic acids is 1. The molecule has 1 aliphatic heterocycles. The molecule has 21 heavy (non-hydrogen) atoms. The maximum atomic E-state index is 12.6. The highest BCUT2D eigenvalue weighted by atomic mass is 32.2. The van der Waals surface area contributed by atoms with Crippen molar-refractivity contribution in [3.8, 4) is 0 Å². The molecule has 2 rings (SSSR count). The number of hydrogen-bond acceptors (Lipinski definition) is 5. The molecule has 0 saturated heterocycles. The van der Waals surface area contributed by atoms with E-state index in [-0.39, 0.29) is 22.7 Å². The van der Waals surface area contributed by atoms with Gasteiger partial charge in [0.2, 0.25) is 0 Å². The second-order valence-electron chi connectivity index (χ2n) is 4.34. The van der Waals surface area contributed by atoms with Crippen molar-refractivity contribution in [1.82, 2.24) is 4.31 Å². The molecule has 0 spiro atoms. The molecule has 0 bridgehead atoms. The van der Waals surface area contributed by atoms with Crippen molar-refractivity contribution in [2.24, 2.45) is 0 Å². The van der Waals surface area contributed by atoms with Crippen LogP contribution in [-0.2, 0) is 19.6 Å². The number of ether oxygens (including phenoxy) is 1. The van der Waals surface area contributed by atoms with E-state index in [1.807, 2.05) is 0 Å². The summed E-state index contributed by atoms with van der Waals surface area (Å²) in [6, 6.07) is 5.96. The van der Waals surface area contributed by atoms with Gasteiger partial charge in [0.1, 0.15) is 0 Å². The summed E-state index contributed by atoms with van der Waals surface area (Å²) in [4.78, 5) is 11.8. The SMILES string of the molecule is C=CCCN1C(C(=O)OC)=C(O)c2ccccc2S1(=O)=O. The molecule has 1 heterocycles. The zero-order valence-electron chi connectivity index (χ0n) is 11.4. The first-order valence-corrected chi connectivity index (χ1v) is 7.63. The number of aliphatic hydroxyl groups is 1.